The number of hydrogen-bond donors (Lipinski definition) is 2. The normalized spacial score (nSPS) is 18.8. The molecule has 0 aromatic carbocycles. The molecule has 1 aliphatic heterocycles. The molecule has 0 spiro atoms. The first-order chi connectivity index (χ1) is 9.60. The lowest BCUT2D eigenvalue weighted by molar-refractivity contribution is -0.121. The average Bonchev–Trinajstić information content (AvgIpc) is 2.87. The monoisotopic (exact) mass is 341 g/mol. The molecule has 1 unspecified atom stereocenters. The van der Waals surface area contributed by atoms with E-state index in [-0.39, 0.29) is 18.5 Å². The highest BCUT2D eigenvalue weighted by Crippen LogP contribution is 2.29. The first kappa shape index (κ1) is 14.9. The van der Waals surface area contributed by atoms with Gasteiger partial charge >= 0.3 is 6.03 Å². The smallest absolute Gasteiger partial charge is 0.321 e. The van der Waals surface area contributed by atoms with E-state index in [0.29, 0.717) is 5.82 Å². The summed E-state index contributed by atoms with van der Waals surface area (Å²) >= 11 is 3.30. The lowest BCUT2D eigenvalue weighted by Gasteiger charge is -2.22. The Hall–Kier alpha value is -1.54. The molecule has 0 aliphatic carbocycles. The molecule has 1 fully saturated rings. The fourth-order valence-corrected chi connectivity index (χ4v) is 2.42. The van der Waals surface area contributed by atoms with Crippen LogP contribution in [0.3, 0.4) is 0 Å². The zero-order chi connectivity index (χ0) is 14.5. The lowest BCUT2D eigenvalue weighted by atomic mass is 10.2. The van der Waals surface area contributed by atoms with Gasteiger partial charge in [-0.15, -0.1) is 0 Å². The Balaban J connectivity index is 1.98. The Morgan fingerprint density at radius 1 is 1.45 bits per heavy atom. The van der Waals surface area contributed by atoms with Gasteiger partial charge in [0.2, 0.25) is 5.91 Å². The van der Waals surface area contributed by atoms with Crippen LogP contribution in [0.5, 0.6) is 0 Å². The Bertz CT molecular complexity index is 493. The van der Waals surface area contributed by atoms with Crippen LogP contribution in [0.25, 0.3) is 0 Å². The van der Waals surface area contributed by atoms with E-state index in [9.17, 15) is 9.59 Å². The molecule has 1 aromatic heterocycles. The van der Waals surface area contributed by atoms with E-state index in [0.717, 1.165) is 23.9 Å². The minimum absolute atomic E-state index is 0.0264. The third kappa shape index (κ3) is 3.73. The number of urea groups is 1. The van der Waals surface area contributed by atoms with Gasteiger partial charge in [-0.05, 0) is 35.3 Å². The second-order valence-corrected chi connectivity index (χ2v) is 5.43. The molecular formula is C12H16BrN5O2. The van der Waals surface area contributed by atoms with Gasteiger partial charge in [0.25, 0.3) is 0 Å². The molecule has 8 heteroatoms. The number of aromatic nitrogens is 2. The van der Waals surface area contributed by atoms with Crippen molar-refractivity contribution in [1.29, 1.82) is 0 Å². The number of nitrogens with one attached hydrogen (secondary N) is 2. The van der Waals surface area contributed by atoms with Crippen molar-refractivity contribution in [2.45, 2.75) is 18.9 Å². The van der Waals surface area contributed by atoms with Crippen molar-refractivity contribution in [1.82, 2.24) is 25.5 Å². The van der Waals surface area contributed by atoms with Gasteiger partial charge in [0, 0.05) is 19.4 Å². The lowest BCUT2D eigenvalue weighted by Crippen LogP contribution is -2.43. The molecule has 0 saturated carbocycles. The molecule has 2 heterocycles. The van der Waals surface area contributed by atoms with E-state index in [1.54, 1.807) is 12.4 Å². The number of amides is 3. The van der Waals surface area contributed by atoms with Gasteiger partial charge in [-0.3, -0.25) is 15.0 Å². The summed E-state index contributed by atoms with van der Waals surface area (Å²) in [6, 6.07) is -0.468. The highest BCUT2D eigenvalue weighted by atomic mass is 79.9. The molecule has 0 bridgehead atoms. The predicted molar refractivity (Wildman–Crippen MR) is 75.9 cm³/mol. The van der Waals surface area contributed by atoms with E-state index >= 15 is 0 Å². The van der Waals surface area contributed by atoms with Crippen LogP contribution in [0.4, 0.5) is 4.79 Å². The summed E-state index contributed by atoms with van der Waals surface area (Å²) < 4.78 is 0.822. The number of nitrogens with zero attached hydrogens (tertiary/aromatic N) is 3. The van der Waals surface area contributed by atoms with Crippen molar-refractivity contribution in [3.8, 4) is 0 Å². The number of carbonyl (C=O) groups excluding carboxylic acids is 2. The molecule has 108 valence electrons. The van der Waals surface area contributed by atoms with Gasteiger partial charge in [0.1, 0.15) is 5.82 Å². The molecule has 1 aliphatic rings. The molecule has 1 saturated heterocycles. The molecule has 0 radical (unpaired) electrons. The van der Waals surface area contributed by atoms with Gasteiger partial charge in [-0.1, -0.05) is 0 Å². The van der Waals surface area contributed by atoms with Gasteiger partial charge in [-0.25, -0.2) is 14.8 Å². The molecule has 2 N–H and O–H groups in total. The van der Waals surface area contributed by atoms with Crippen LogP contribution < -0.4 is 10.6 Å². The topological polar surface area (TPSA) is 87.2 Å². The zero-order valence-corrected chi connectivity index (χ0v) is 12.7. The standard InChI is InChI=1S/C12H16BrN5O2/c1-14-12(20)17-10(19)7-18-4-2-3-9(18)11-15-5-8(13)6-16-11/h5-6,9H,2-4,7H2,1H3,(H2,14,17,19,20). The Labute approximate surface area is 125 Å². The van der Waals surface area contributed by atoms with Crippen molar-refractivity contribution < 1.29 is 9.59 Å². The SMILES string of the molecule is CNC(=O)NC(=O)CN1CCCC1c1ncc(Br)cn1. The van der Waals surface area contributed by atoms with Crippen LogP contribution in [-0.4, -0.2) is 46.9 Å². The Morgan fingerprint density at radius 2 is 2.15 bits per heavy atom. The molecule has 7 nitrogen and oxygen atoms in total. The largest absolute Gasteiger partial charge is 0.341 e. The maximum atomic E-state index is 11.7. The fourth-order valence-electron chi connectivity index (χ4n) is 2.22. The number of carbonyl (C=O) groups is 2. The van der Waals surface area contributed by atoms with Gasteiger partial charge in [0.15, 0.2) is 0 Å². The van der Waals surface area contributed by atoms with Gasteiger partial charge < -0.3 is 5.32 Å². The molecule has 20 heavy (non-hydrogen) atoms. The van der Waals surface area contributed by atoms with Gasteiger partial charge in [0.05, 0.1) is 17.1 Å². The minimum Gasteiger partial charge on any atom is -0.341 e. The van der Waals surface area contributed by atoms with Crippen LogP contribution in [0.1, 0.15) is 24.7 Å². The van der Waals surface area contributed by atoms with Crippen molar-refractivity contribution in [3.63, 3.8) is 0 Å². The molecule has 2 rings (SSSR count). The predicted octanol–water partition coefficient (Wildman–Crippen LogP) is 0.832. The van der Waals surface area contributed by atoms with Crippen LogP contribution in [-0.2, 0) is 4.79 Å². The Morgan fingerprint density at radius 3 is 2.80 bits per heavy atom. The van der Waals surface area contributed by atoms with E-state index in [2.05, 4.69) is 36.5 Å². The quantitative estimate of drug-likeness (QED) is 0.850. The maximum absolute atomic E-state index is 11.7. The van der Waals surface area contributed by atoms with Crippen LogP contribution in [0.2, 0.25) is 0 Å². The van der Waals surface area contributed by atoms with Crippen LogP contribution >= 0.6 is 15.9 Å². The Kier molecular flexibility index (Phi) is 5.02. The summed E-state index contributed by atoms with van der Waals surface area (Å²) in [5.74, 6) is 0.381. The van der Waals surface area contributed by atoms with E-state index in [1.165, 1.54) is 7.05 Å². The number of hydrogen-bond acceptors (Lipinski definition) is 5. The number of imide groups is 1. The summed E-state index contributed by atoms with van der Waals surface area (Å²) in [6.45, 7) is 0.961. The maximum Gasteiger partial charge on any atom is 0.321 e. The average molecular weight is 342 g/mol. The van der Waals surface area contributed by atoms with Crippen molar-refractivity contribution in [2.24, 2.45) is 0 Å². The molecule has 1 aromatic rings. The first-order valence-corrected chi connectivity index (χ1v) is 7.12. The number of halogens is 1. The van der Waals surface area contributed by atoms with E-state index < -0.39 is 6.03 Å². The third-order valence-electron chi connectivity index (χ3n) is 3.13. The third-order valence-corrected chi connectivity index (χ3v) is 3.54. The second kappa shape index (κ2) is 6.76. The van der Waals surface area contributed by atoms with Crippen LogP contribution in [0, 0.1) is 0 Å². The first-order valence-electron chi connectivity index (χ1n) is 6.33. The highest BCUT2D eigenvalue weighted by molar-refractivity contribution is 9.10. The van der Waals surface area contributed by atoms with Crippen molar-refractivity contribution in [2.75, 3.05) is 20.1 Å². The molecule has 3 amide bonds. The summed E-state index contributed by atoms with van der Waals surface area (Å²) in [5, 5.41) is 4.61. The number of likely N-dealkylation sites (tertiary alicyclic amines) is 1. The van der Waals surface area contributed by atoms with E-state index in [4.69, 9.17) is 0 Å². The van der Waals surface area contributed by atoms with Gasteiger partial charge in [-0.2, -0.15) is 0 Å². The molecule has 1 atom stereocenters. The molecular weight excluding hydrogens is 326 g/mol. The van der Waals surface area contributed by atoms with Crippen LogP contribution in [0.15, 0.2) is 16.9 Å². The zero-order valence-electron chi connectivity index (χ0n) is 11.1. The fraction of sp³-hybridized carbons (Fsp3) is 0.500. The number of rotatable bonds is 3. The summed E-state index contributed by atoms with van der Waals surface area (Å²) in [7, 11) is 1.47. The van der Waals surface area contributed by atoms with Crippen molar-refractivity contribution >= 4 is 27.9 Å². The van der Waals surface area contributed by atoms with Crippen molar-refractivity contribution in [3.05, 3.63) is 22.7 Å². The summed E-state index contributed by atoms with van der Waals surface area (Å²) in [6.07, 6.45) is 5.29. The highest BCUT2D eigenvalue weighted by Gasteiger charge is 2.29. The summed E-state index contributed by atoms with van der Waals surface area (Å²) in [5.41, 5.74) is 0. The summed E-state index contributed by atoms with van der Waals surface area (Å²) in [4.78, 5) is 33.4. The second-order valence-electron chi connectivity index (χ2n) is 4.52. The van der Waals surface area contributed by atoms with E-state index in [1.807, 2.05) is 4.90 Å². The minimum atomic E-state index is -0.495.